The van der Waals surface area contributed by atoms with E-state index in [1.54, 1.807) is 0 Å². The lowest BCUT2D eigenvalue weighted by molar-refractivity contribution is -0.137. The van der Waals surface area contributed by atoms with Crippen molar-refractivity contribution in [2.45, 2.75) is 44.9 Å². The molecule has 1 fully saturated rings. The van der Waals surface area contributed by atoms with Gasteiger partial charge >= 0.3 is 12.3 Å². The molecule has 1 N–H and O–H groups in total. The minimum Gasteiger partial charge on any atom is -0.446 e. The third-order valence-electron chi connectivity index (χ3n) is 3.73. The van der Waals surface area contributed by atoms with Crippen LogP contribution in [-0.2, 0) is 10.9 Å². The summed E-state index contributed by atoms with van der Waals surface area (Å²) in [5.74, 6) is 0.283. The van der Waals surface area contributed by atoms with Gasteiger partial charge in [0, 0.05) is 5.69 Å². The Morgan fingerprint density at radius 2 is 2.00 bits per heavy atom. The van der Waals surface area contributed by atoms with Gasteiger partial charge in [0.1, 0.15) is 6.10 Å². The molecule has 0 radical (unpaired) electrons. The van der Waals surface area contributed by atoms with E-state index in [1.807, 2.05) is 6.92 Å². The third-order valence-corrected chi connectivity index (χ3v) is 3.73. The number of halogens is 3. The van der Waals surface area contributed by atoms with E-state index in [4.69, 9.17) is 4.74 Å². The molecule has 0 saturated heterocycles. The summed E-state index contributed by atoms with van der Waals surface area (Å²) in [6.07, 6.45) is -1.36. The molecule has 1 aliphatic carbocycles. The van der Waals surface area contributed by atoms with Crippen molar-refractivity contribution < 1.29 is 22.7 Å². The lowest BCUT2D eigenvalue weighted by atomic mass is 9.88. The van der Waals surface area contributed by atoms with Crippen LogP contribution in [0.2, 0.25) is 0 Å². The molecular weight excluding hydrogens is 283 g/mol. The topological polar surface area (TPSA) is 38.3 Å². The van der Waals surface area contributed by atoms with Gasteiger partial charge in [0.15, 0.2) is 0 Å². The molecular formula is C15H18F3NO2. The second-order valence-corrected chi connectivity index (χ2v) is 5.41. The lowest BCUT2D eigenvalue weighted by Crippen LogP contribution is -2.30. The molecule has 1 saturated carbocycles. The first kappa shape index (κ1) is 15.7. The first-order valence-corrected chi connectivity index (χ1v) is 7.01. The monoisotopic (exact) mass is 301 g/mol. The van der Waals surface area contributed by atoms with Crippen molar-refractivity contribution in [3.05, 3.63) is 29.8 Å². The summed E-state index contributed by atoms with van der Waals surface area (Å²) in [6.45, 7) is 2.02. The van der Waals surface area contributed by atoms with Crippen molar-refractivity contribution in [2.75, 3.05) is 5.32 Å². The van der Waals surface area contributed by atoms with E-state index < -0.39 is 17.8 Å². The van der Waals surface area contributed by atoms with Crippen LogP contribution in [0, 0.1) is 5.92 Å². The molecule has 2 atom stereocenters. The summed E-state index contributed by atoms with van der Waals surface area (Å²) in [5, 5.41) is 2.36. The highest BCUT2D eigenvalue weighted by atomic mass is 19.4. The fourth-order valence-electron chi connectivity index (χ4n) is 2.52. The minimum absolute atomic E-state index is 0.0817. The van der Waals surface area contributed by atoms with Crippen molar-refractivity contribution in [2.24, 2.45) is 5.92 Å². The molecule has 0 bridgehead atoms. The summed E-state index contributed by atoms with van der Waals surface area (Å²) < 4.78 is 43.1. The maximum absolute atomic E-state index is 12.6. The summed E-state index contributed by atoms with van der Waals surface area (Å²) in [6, 6.07) is 4.51. The van der Waals surface area contributed by atoms with Crippen LogP contribution >= 0.6 is 0 Å². The summed E-state index contributed by atoms with van der Waals surface area (Å²) in [4.78, 5) is 11.8. The number of alkyl halides is 3. The molecule has 0 heterocycles. The maximum atomic E-state index is 12.6. The van der Waals surface area contributed by atoms with Gasteiger partial charge in [-0.2, -0.15) is 13.2 Å². The Bertz CT molecular complexity index is 502. The molecule has 6 heteroatoms. The van der Waals surface area contributed by atoms with Crippen molar-refractivity contribution >= 4 is 11.8 Å². The molecule has 21 heavy (non-hydrogen) atoms. The van der Waals surface area contributed by atoms with Crippen molar-refractivity contribution in [3.63, 3.8) is 0 Å². The van der Waals surface area contributed by atoms with E-state index in [0.717, 1.165) is 37.8 Å². The van der Waals surface area contributed by atoms with Crippen LogP contribution < -0.4 is 5.32 Å². The van der Waals surface area contributed by atoms with Gasteiger partial charge in [0.25, 0.3) is 0 Å². The van der Waals surface area contributed by atoms with Gasteiger partial charge in [-0.15, -0.1) is 0 Å². The molecule has 1 aliphatic rings. The van der Waals surface area contributed by atoms with Crippen molar-refractivity contribution in [1.82, 2.24) is 0 Å². The van der Waals surface area contributed by atoms with Gasteiger partial charge < -0.3 is 4.74 Å². The molecule has 1 amide bonds. The number of hydrogen-bond donors (Lipinski definition) is 1. The second-order valence-electron chi connectivity index (χ2n) is 5.41. The van der Waals surface area contributed by atoms with Crippen LogP contribution in [0.25, 0.3) is 0 Å². The normalized spacial score (nSPS) is 22.7. The SMILES string of the molecule is CC1CCCCC1OC(=O)Nc1cccc(C(F)(F)F)c1. The van der Waals surface area contributed by atoms with Crippen LogP contribution in [0.3, 0.4) is 0 Å². The Balaban J connectivity index is 1.96. The van der Waals surface area contributed by atoms with Crippen LogP contribution in [0.15, 0.2) is 24.3 Å². The fraction of sp³-hybridized carbons (Fsp3) is 0.533. The lowest BCUT2D eigenvalue weighted by Gasteiger charge is -2.28. The number of benzene rings is 1. The number of carbonyl (C=O) groups is 1. The highest BCUT2D eigenvalue weighted by Gasteiger charge is 2.30. The number of anilines is 1. The number of hydrogen-bond acceptors (Lipinski definition) is 2. The Kier molecular flexibility index (Phi) is 4.75. The van der Waals surface area contributed by atoms with Crippen LogP contribution in [0.4, 0.5) is 23.7 Å². The summed E-state index contributed by atoms with van der Waals surface area (Å²) in [5.41, 5.74) is -0.718. The van der Waals surface area contributed by atoms with Gasteiger partial charge in [-0.05, 0) is 43.4 Å². The van der Waals surface area contributed by atoms with Gasteiger partial charge in [0.2, 0.25) is 0 Å². The Hall–Kier alpha value is -1.72. The highest BCUT2D eigenvalue weighted by Crippen LogP contribution is 2.31. The maximum Gasteiger partial charge on any atom is 0.416 e. The number of amides is 1. The molecule has 2 rings (SSSR count). The standard InChI is InChI=1S/C15H18F3NO2/c1-10-5-2-3-8-13(10)21-14(20)19-12-7-4-6-11(9-12)15(16,17)18/h4,6-7,9-10,13H,2-3,5,8H2,1H3,(H,19,20). The van der Waals surface area contributed by atoms with Crippen molar-refractivity contribution in [3.8, 4) is 0 Å². The van der Waals surface area contributed by atoms with E-state index in [0.29, 0.717) is 0 Å². The van der Waals surface area contributed by atoms with Gasteiger partial charge in [-0.1, -0.05) is 19.4 Å². The van der Waals surface area contributed by atoms with Gasteiger partial charge in [-0.3, -0.25) is 5.32 Å². The predicted octanol–water partition coefficient (Wildman–Crippen LogP) is 4.83. The zero-order valence-electron chi connectivity index (χ0n) is 11.7. The first-order chi connectivity index (χ1) is 9.86. The van der Waals surface area contributed by atoms with E-state index in [-0.39, 0.29) is 17.7 Å². The Morgan fingerprint density at radius 3 is 2.67 bits per heavy atom. The fourth-order valence-corrected chi connectivity index (χ4v) is 2.52. The highest BCUT2D eigenvalue weighted by molar-refractivity contribution is 5.84. The largest absolute Gasteiger partial charge is 0.446 e. The molecule has 3 nitrogen and oxygen atoms in total. The number of nitrogens with one attached hydrogen (secondary N) is 1. The average Bonchev–Trinajstić information content (AvgIpc) is 2.41. The second kappa shape index (κ2) is 6.37. The quantitative estimate of drug-likeness (QED) is 0.849. The van der Waals surface area contributed by atoms with E-state index in [9.17, 15) is 18.0 Å². The molecule has 0 aliphatic heterocycles. The number of carbonyl (C=O) groups excluding carboxylic acids is 1. The molecule has 116 valence electrons. The zero-order chi connectivity index (χ0) is 15.5. The van der Waals surface area contributed by atoms with Crippen molar-refractivity contribution in [1.29, 1.82) is 0 Å². The van der Waals surface area contributed by atoms with Gasteiger partial charge in [-0.25, -0.2) is 4.79 Å². The number of ether oxygens (including phenoxy) is 1. The molecule has 1 aromatic rings. The number of rotatable bonds is 2. The summed E-state index contributed by atoms with van der Waals surface area (Å²) >= 11 is 0. The Labute approximate surface area is 121 Å². The van der Waals surface area contributed by atoms with Gasteiger partial charge in [0.05, 0.1) is 5.56 Å². The smallest absolute Gasteiger partial charge is 0.416 e. The molecule has 1 aromatic carbocycles. The average molecular weight is 301 g/mol. The van der Waals surface area contributed by atoms with Crippen LogP contribution in [0.1, 0.15) is 38.2 Å². The predicted molar refractivity (Wildman–Crippen MR) is 73.0 cm³/mol. The van der Waals surface area contributed by atoms with E-state index in [1.165, 1.54) is 12.1 Å². The molecule has 0 aromatic heterocycles. The molecule has 0 spiro atoms. The van der Waals surface area contributed by atoms with Crippen LogP contribution in [-0.4, -0.2) is 12.2 Å². The third kappa shape index (κ3) is 4.37. The van der Waals surface area contributed by atoms with E-state index >= 15 is 0 Å². The summed E-state index contributed by atoms with van der Waals surface area (Å²) in [7, 11) is 0. The van der Waals surface area contributed by atoms with Crippen LogP contribution in [0.5, 0.6) is 0 Å². The Morgan fingerprint density at radius 1 is 1.29 bits per heavy atom. The zero-order valence-corrected chi connectivity index (χ0v) is 11.7. The van der Waals surface area contributed by atoms with E-state index in [2.05, 4.69) is 5.32 Å². The molecule has 2 unspecified atom stereocenters. The minimum atomic E-state index is -4.43. The first-order valence-electron chi connectivity index (χ1n) is 7.01.